The SMILES string of the molecule is CCC(=O)N1CCCC(C(=O)NCC(C)NC)C1. The number of hydrogen-bond acceptors (Lipinski definition) is 3. The third-order valence-corrected chi connectivity index (χ3v) is 3.52. The molecular weight excluding hydrogens is 230 g/mol. The zero-order valence-corrected chi connectivity index (χ0v) is 11.7. The van der Waals surface area contributed by atoms with Gasteiger partial charge in [-0.25, -0.2) is 0 Å². The quantitative estimate of drug-likeness (QED) is 0.745. The number of likely N-dealkylation sites (tertiary alicyclic amines) is 1. The number of carbonyl (C=O) groups is 2. The second-order valence-corrected chi connectivity index (χ2v) is 4.97. The van der Waals surface area contributed by atoms with E-state index in [4.69, 9.17) is 0 Å². The maximum atomic E-state index is 12.0. The minimum Gasteiger partial charge on any atom is -0.354 e. The molecule has 0 aromatic rings. The second kappa shape index (κ2) is 7.36. The van der Waals surface area contributed by atoms with Crippen LogP contribution < -0.4 is 10.6 Å². The van der Waals surface area contributed by atoms with Crippen LogP contribution in [0.2, 0.25) is 0 Å². The average molecular weight is 255 g/mol. The smallest absolute Gasteiger partial charge is 0.224 e. The molecule has 2 N–H and O–H groups in total. The van der Waals surface area contributed by atoms with Crippen molar-refractivity contribution in [3.8, 4) is 0 Å². The van der Waals surface area contributed by atoms with E-state index in [-0.39, 0.29) is 23.8 Å². The fourth-order valence-corrected chi connectivity index (χ4v) is 2.14. The van der Waals surface area contributed by atoms with E-state index in [1.54, 1.807) is 0 Å². The van der Waals surface area contributed by atoms with Crippen molar-refractivity contribution in [2.75, 3.05) is 26.7 Å². The Morgan fingerprint density at radius 3 is 2.78 bits per heavy atom. The lowest BCUT2D eigenvalue weighted by Gasteiger charge is -2.32. The molecule has 0 spiro atoms. The summed E-state index contributed by atoms with van der Waals surface area (Å²) in [6.07, 6.45) is 2.32. The molecule has 5 heteroatoms. The maximum Gasteiger partial charge on any atom is 0.224 e. The molecule has 1 aliphatic rings. The topological polar surface area (TPSA) is 61.4 Å². The summed E-state index contributed by atoms with van der Waals surface area (Å²) in [6, 6.07) is 0.269. The van der Waals surface area contributed by atoms with E-state index < -0.39 is 0 Å². The first-order valence-corrected chi connectivity index (χ1v) is 6.81. The molecule has 0 aromatic heterocycles. The normalized spacial score (nSPS) is 21.5. The molecule has 0 saturated carbocycles. The third kappa shape index (κ3) is 4.29. The van der Waals surface area contributed by atoms with Crippen molar-refractivity contribution >= 4 is 11.8 Å². The van der Waals surface area contributed by atoms with Crippen LogP contribution in [0, 0.1) is 5.92 Å². The van der Waals surface area contributed by atoms with Crippen molar-refractivity contribution in [2.24, 2.45) is 5.92 Å². The lowest BCUT2D eigenvalue weighted by Crippen LogP contribution is -2.47. The molecule has 18 heavy (non-hydrogen) atoms. The molecule has 0 aromatic carbocycles. The van der Waals surface area contributed by atoms with E-state index >= 15 is 0 Å². The molecule has 1 rings (SSSR count). The van der Waals surface area contributed by atoms with Crippen molar-refractivity contribution in [1.82, 2.24) is 15.5 Å². The largest absolute Gasteiger partial charge is 0.354 e. The van der Waals surface area contributed by atoms with Gasteiger partial charge in [0.2, 0.25) is 11.8 Å². The van der Waals surface area contributed by atoms with Crippen LogP contribution in [-0.2, 0) is 9.59 Å². The van der Waals surface area contributed by atoms with Gasteiger partial charge in [-0.15, -0.1) is 0 Å². The molecule has 5 nitrogen and oxygen atoms in total. The van der Waals surface area contributed by atoms with Crippen LogP contribution in [0.1, 0.15) is 33.1 Å². The fraction of sp³-hybridized carbons (Fsp3) is 0.846. The number of likely N-dealkylation sites (N-methyl/N-ethyl adjacent to an activating group) is 1. The van der Waals surface area contributed by atoms with Gasteiger partial charge in [0.05, 0.1) is 5.92 Å². The van der Waals surface area contributed by atoms with Gasteiger partial charge in [-0.3, -0.25) is 9.59 Å². The lowest BCUT2D eigenvalue weighted by molar-refractivity contribution is -0.135. The Balaban J connectivity index is 2.41. The van der Waals surface area contributed by atoms with Gasteiger partial charge in [0, 0.05) is 32.1 Å². The Hall–Kier alpha value is -1.10. The molecule has 2 unspecified atom stereocenters. The lowest BCUT2D eigenvalue weighted by atomic mass is 9.97. The van der Waals surface area contributed by atoms with Gasteiger partial charge in [-0.1, -0.05) is 6.92 Å². The van der Waals surface area contributed by atoms with Gasteiger partial charge in [0.15, 0.2) is 0 Å². The van der Waals surface area contributed by atoms with Gasteiger partial charge < -0.3 is 15.5 Å². The van der Waals surface area contributed by atoms with Crippen molar-refractivity contribution in [1.29, 1.82) is 0 Å². The summed E-state index contributed by atoms with van der Waals surface area (Å²) in [5.74, 6) is 0.181. The van der Waals surface area contributed by atoms with Crippen LogP contribution in [0.5, 0.6) is 0 Å². The zero-order valence-electron chi connectivity index (χ0n) is 11.7. The molecule has 2 atom stereocenters. The molecule has 104 valence electrons. The predicted octanol–water partition coefficient (Wildman–Crippen LogP) is 0.359. The van der Waals surface area contributed by atoms with E-state index in [0.717, 1.165) is 19.4 Å². The summed E-state index contributed by atoms with van der Waals surface area (Å²) in [4.78, 5) is 25.4. The summed E-state index contributed by atoms with van der Waals surface area (Å²) in [5, 5.41) is 6.02. The highest BCUT2D eigenvalue weighted by Gasteiger charge is 2.27. The Kier molecular flexibility index (Phi) is 6.12. The molecule has 0 aliphatic carbocycles. The van der Waals surface area contributed by atoms with Crippen molar-refractivity contribution in [3.05, 3.63) is 0 Å². The van der Waals surface area contributed by atoms with E-state index in [2.05, 4.69) is 10.6 Å². The van der Waals surface area contributed by atoms with Crippen LogP contribution >= 0.6 is 0 Å². The standard InChI is InChI=1S/C13H25N3O2/c1-4-12(17)16-7-5-6-11(9-16)13(18)15-8-10(2)14-3/h10-11,14H,4-9H2,1-3H3,(H,15,18). The summed E-state index contributed by atoms with van der Waals surface area (Å²) < 4.78 is 0. The van der Waals surface area contributed by atoms with Crippen LogP contribution in [0.3, 0.4) is 0 Å². The Morgan fingerprint density at radius 1 is 1.44 bits per heavy atom. The van der Waals surface area contributed by atoms with E-state index in [0.29, 0.717) is 19.5 Å². The summed E-state index contributed by atoms with van der Waals surface area (Å²) >= 11 is 0. The first-order chi connectivity index (χ1) is 8.58. The number of amides is 2. The monoisotopic (exact) mass is 255 g/mol. The molecule has 0 bridgehead atoms. The van der Waals surface area contributed by atoms with Crippen LogP contribution in [0.4, 0.5) is 0 Å². The summed E-state index contributed by atoms with van der Waals surface area (Å²) in [5.41, 5.74) is 0. The van der Waals surface area contributed by atoms with Gasteiger partial charge in [-0.05, 0) is 26.8 Å². The molecule has 2 amide bonds. The minimum atomic E-state index is -0.0432. The number of hydrogen-bond donors (Lipinski definition) is 2. The third-order valence-electron chi connectivity index (χ3n) is 3.52. The molecule has 1 heterocycles. The number of rotatable bonds is 5. The van der Waals surface area contributed by atoms with Crippen LogP contribution in [-0.4, -0.2) is 49.4 Å². The highest BCUT2D eigenvalue weighted by Crippen LogP contribution is 2.17. The first-order valence-electron chi connectivity index (χ1n) is 6.81. The molecule has 1 fully saturated rings. The average Bonchev–Trinajstić information content (AvgIpc) is 2.43. The van der Waals surface area contributed by atoms with Gasteiger partial charge >= 0.3 is 0 Å². The van der Waals surface area contributed by atoms with Gasteiger partial charge in [0.25, 0.3) is 0 Å². The number of carbonyl (C=O) groups excluding carboxylic acids is 2. The highest BCUT2D eigenvalue weighted by atomic mass is 16.2. The molecule has 0 radical (unpaired) electrons. The van der Waals surface area contributed by atoms with Gasteiger partial charge in [-0.2, -0.15) is 0 Å². The number of nitrogens with one attached hydrogen (secondary N) is 2. The van der Waals surface area contributed by atoms with Crippen molar-refractivity contribution in [2.45, 2.75) is 39.2 Å². The van der Waals surface area contributed by atoms with Crippen molar-refractivity contribution in [3.63, 3.8) is 0 Å². The number of piperidine rings is 1. The fourth-order valence-electron chi connectivity index (χ4n) is 2.14. The summed E-state index contributed by atoms with van der Waals surface area (Å²) in [7, 11) is 1.87. The Bertz CT molecular complexity index is 294. The van der Waals surface area contributed by atoms with E-state index in [1.165, 1.54) is 0 Å². The number of nitrogens with zero attached hydrogens (tertiary/aromatic N) is 1. The highest BCUT2D eigenvalue weighted by molar-refractivity contribution is 5.81. The molecular formula is C13H25N3O2. The predicted molar refractivity (Wildman–Crippen MR) is 71.1 cm³/mol. The van der Waals surface area contributed by atoms with Crippen LogP contribution in [0.15, 0.2) is 0 Å². The Labute approximate surface area is 109 Å². The van der Waals surface area contributed by atoms with E-state index in [1.807, 2.05) is 25.8 Å². The Morgan fingerprint density at radius 2 is 2.17 bits per heavy atom. The van der Waals surface area contributed by atoms with Crippen molar-refractivity contribution < 1.29 is 9.59 Å². The van der Waals surface area contributed by atoms with Crippen LogP contribution in [0.25, 0.3) is 0 Å². The van der Waals surface area contributed by atoms with Gasteiger partial charge in [0.1, 0.15) is 0 Å². The summed E-state index contributed by atoms with van der Waals surface area (Å²) in [6.45, 7) is 5.89. The zero-order chi connectivity index (χ0) is 13.5. The molecule has 1 saturated heterocycles. The second-order valence-electron chi connectivity index (χ2n) is 4.97. The van der Waals surface area contributed by atoms with E-state index in [9.17, 15) is 9.59 Å². The first kappa shape index (κ1) is 15.0. The maximum absolute atomic E-state index is 12.0. The molecule has 1 aliphatic heterocycles. The minimum absolute atomic E-state index is 0.0432.